The van der Waals surface area contributed by atoms with Gasteiger partial charge in [0, 0.05) is 56.4 Å². The van der Waals surface area contributed by atoms with Crippen LogP contribution < -0.4 is 0 Å². The first-order valence-corrected chi connectivity index (χ1v) is 12.5. The van der Waals surface area contributed by atoms with E-state index in [2.05, 4.69) is 68.1 Å². The van der Waals surface area contributed by atoms with Crippen molar-refractivity contribution in [1.82, 2.24) is 19.6 Å². The number of carbonyl (C=O) groups excluding carboxylic acids is 2. The second kappa shape index (κ2) is 7.72. The van der Waals surface area contributed by atoms with Gasteiger partial charge in [-0.05, 0) is 80.7 Å². The van der Waals surface area contributed by atoms with Crippen molar-refractivity contribution in [3.63, 3.8) is 0 Å². The molecule has 0 aromatic rings. The monoisotopic (exact) mass is 432 g/mol. The zero-order valence-electron chi connectivity index (χ0n) is 20.9. The van der Waals surface area contributed by atoms with Crippen LogP contribution in [0.1, 0.15) is 74.1 Å². The van der Waals surface area contributed by atoms with Gasteiger partial charge >= 0.3 is 0 Å². The second-order valence-electron chi connectivity index (χ2n) is 12.2. The lowest BCUT2D eigenvalue weighted by Gasteiger charge is -2.55. The fourth-order valence-corrected chi connectivity index (χ4v) is 6.70. The Morgan fingerprint density at radius 1 is 0.774 bits per heavy atom. The van der Waals surface area contributed by atoms with Gasteiger partial charge in [-0.3, -0.25) is 19.4 Å². The smallest absolute Gasteiger partial charge is 0.231 e. The Balaban J connectivity index is 1.35. The van der Waals surface area contributed by atoms with Crippen LogP contribution in [-0.4, -0.2) is 94.3 Å². The van der Waals surface area contributed by atoms with Crippen molar-refractivity contribution in [1.29, 1.82) is 0 Å². The maximum absolute atomic E-state index is 13.5. The summed E-state index contributed by atoms with van der Waals surface area (Å²) in [5.74, 6) is 0.743. The molecule has 0 aliphatic carbocycles. The molecule has 6 nitrogen and oxygen atoms in total. The Labute approximate surface area is 189 Å². The van der Waals surface area contributed by atoms with Crippen LogP contribution in [0.2, 0.25) is 0 Å². The van der Waals surface area contributed by atoms with E-state index in [1.54, 1.807) is 0 Å². The number of hydrogen-bond donors (Lipinski definition) is 0. The van der Waals surface area contributed by atoms with Crippen molar-refractivity contribution in [2.45, 2.75) is 97.8 Å². The number of nitrogens with zero attached hydrogens (tertiary/aromatic N) is 4. The minimum atomic E-state index is -0.150. The number of likely N-dealkylation sites (tertiary alicyclic amines) is 4. The van der Waals surface area contributed by atoms with Crippen LogP contribution >= 0.6 is 0 Å². The van der Waals surface area contributed by atoms with E-state index >= 15 is 0 Å². The van der Waals surface area contributed by atoms with E-state index in [0.717, 1.165) is 65.0 Å². The highest BCUT2D eigenvalue weighted by Gasteiger charge is 2.58. The SMILES string of the molecule is CC(C)N1CCC2(CCN(C(C)CC(C)(C)N3CC4(CCN(C(C)C)C4=O)C3)C2=O)C1. The molecule has 0 aromatic carbocycles. The Kier molecular flexibility index (Phi) is 5.74. The molecule has 4 heterocycles. The molecule has 6 heteroatoms. The average molecular weight is 433 g/mol. The molecule has 4 aliphatic rings. The topological polar surface area (TPSA) is 47.1 Å². The molecule has 2 unspecified atom stereocenters. The number of hydrogen-bond acceptors (Lipinski definition) is 4. The normalized spacial score (nSPS) is 30.6. The molecule has 0 N–H and O–H groups in total. The van der Waals surface area contributed by atoms with Crippen molar-refractivity contribution in [2.24, 2.45) is 10.8 Å². The van der Waals surface area contributed by atoms with E-state index in [0.29, 0.717) is 23.9 Å². The highest BCUT2D eigenvalue weighted by molar-refractivity contribution is 5.87. The molecule has 2 atom stereocenters. The van der Waals surface area contributed by atoms with Crippen molar-refractivity contribution in [3.05, 3.63) is 0 Å². The molecule has 4 rings (SSSR count). The molecule has 2 spiro atoms. The number of rotatable bonds is 6. The molecule has 4 saturated heterocycles. The van der Waals surface area contributed by atoms with Gasteiger partial charge in [0.15, 0.2) is 0 Å². The maximum atomic E-state index is 13.5. The Morgan fingerprint density at radius 3 is 1.87 bits per heavy atom. The first-order valence-electron chi connectivity index (χ1n) is 12.5. The van der Waals surface area contributed by atoms with E-state index in [1.165, 1.54) is 0 Å². The summed E-state index contributed by atoms with van der Waals surface area (Å²) >= 11 is 0. The van der Waals surface area contributed by atoms with Crippen LogP contribution in [0.15, 0.2) is 0 Å². The van der Waals surface area contributed by atoms with Gasteiger partial charge in [-0.2, -0.15) is 0 Å². The van der Waals surface area contributed by atoms with Crippen LogP contribution in [0, 0.1) is 10.8 Å². The average Bonchev–Trinajstić information content (AvgIpc) is 3.31. The summed E-state index contributed by atoms with van der Waals surface area (Å²) in [6, 6.07) is 1.05. The number of carbonyl (C=O) groups is 2. The minimum Gasteiger partial charge on any atom is -0.340 e. The summed E-state index contributed by atoms with van der Waals surface area (Å²) in [6.45, 7) is 21.0. The summed E-state index contributed by atoms with van der Waals surface area (Å²) in [7, 11) is 0. The Hall–Kier alpha value is -1.14. The summed E-state index contributed by atoms with van der Waals surface area (Å²) in [6.07, 6.45) is 3.97. The molecule has 0 saturated carbocycles. The molecule has 2 amide bonds. The van der Waals surface area contributed by atoms with Gasteiger partial charge in [-0.25, -0.2) is 0 Å². The standard InChI is InChI=1S/C25H44N4O2/c1-18(2)26-11-8-24(15-26)9-13-29(21(24)30)20(5)14-23(6,7)27-16-25(17-27)10-12-28(19(3)4)22(25)31/h18-20H,8-17H2,1-7H3. The fourth-order valence-electron chi connectivity index (χ4n) is 6.70. The van der Waals surface area contributed by atoms with Gasteiger partial charge in [-0.15, -0.1) is 0 Å². The zero-order chi connectivity index (χ0) is 22.8. The van der Waals surface area contributed by atoms with Gasteiger partial charge in [-0.1, -0.05) is 0 Å². The van der Waals surface area contributed by atoms with E-state index in [4.69, 9.17) is 0 Å². The van der Waals surface area contributed by atoms with Crippen LogP contribution in [0.25, 0.3) is 0 Å². The summed E-state index contributed by atoms with van der Waals surface area (Å²) < 4.78 is 0. The van der Waals surface area contributed by atoms with Gasteiger partial charge in [0.1, 0.15) is 0 Å². The highest BCUT2D eigenvalue weighted by atomic mass is 16.2. The molecule has 4 fully saturated rings. The molecular formula is C25H44N4O2. The summed E-state index contributed by atoms with van der Waals surface area (Å²) in [4.78, 5) is 35.6. The van der Waals surface area contributed by atoms with Gasteiger partial charge in [0.05, 0.1) is 10.8 Å². The lowest BCUT2D eigenvalue weighted by atomic mass is 9.74. The molecule has 0 aromatic heterocycles. The van der Waals surface area contributed by atoms with Gasteiger partial charge in [0.2, 0.25) is 11.8 Å². The maximum Gasteiger partial charge on any atom is 0.231 e. The van der Waals surface area contributed by atoms with Crippen LogP contribution in [0.3, 0.4) is 0 Å². The third-order valence-electron chi connectivity index (χ3n) is 9.00. The third-order valence-corrected chi connectivity index (χ3v) is 9.00. The van der Waals surface area contributed by atoms with Crippen LogP contribution in [0.4, 0.5) is 0 Å². The summed E-state index contributed by atoms with van der Waals surface area (Å²) in [5.41, 5.74) is -0.297. The molecule has 4 aliphatic heterocycles. The van der Waals surface area contributed by atoms with E-state index in [1.807, 2.05) is 0 Å². The quantitative estimate of drug-likeness (QED) is 0.648. The van der Waals surface area contributed by atoms with Gasteiger partial charge in [0.25, 0.3) is 0 Å². The molecule has 31 heavy (non-hydrogen) atoms. The first-order chi connectivity index (χ1) is 14.4. The van der Waals surface area contributed by atoms with Crippen molar-refractivity contribution >= 4 is 11.8 Å². The largest absolute Gasteiger partial charge is 0.340 e. The van der Waals surface area contributed by atoms with Crippen molar-refractivity contribution in [3.8, 4) is 0 Å². The second-order valence-corrected chi connectivity index (χ2v) is 12.2. The van der Waals surface area contributed by atoms with E-state index in [9.17, 15) is 9.59 Å². The van der Waals surface area contributed by atoms with Gasteiger partial charge < -0.3 is 9.80 Å². The minimum absolute atomic E-state index is 0.00806. The van der Waals surface area contributed by atoms with Crippen molar-refractivity contribution in [2.75, 3.05) is 39.3 Å². The van der Waals surface area contributed by atoms with E-state index < -0.39 is 0 Å². The van der Waals surface area contributed by atoms with Crippen LogP contribution in [-0.2, 0) is 9.59 Å². The fraction of sp³-hybridized carbons (Fsp3) is 0.920. The first kappa shape index (κ1) is 23.0. The molecular weight excluding hydrogens is 388 g/mol. The molecule has 0 radical (unpaired) electrons. The van der Waals surface area contributed by atoms with Crippen LogP contribution in [0.5, 0.6) is 0 Å². The highest BCUT2D eigenvalue weighted by Crippen LogP contribution is 2.46. The summed E-state index contributed by atoms with van der Waals surface area (Å²) in [5, 5.41) is 0. The lowest BCUT2D eigenvalue weighted by Crippen LogP contribution is -2.66. The Bertz CT molecular complexity index is 727. The van der Waals surface area contributed by atoms with E-state index in [-0.39, 0.29) is 22.4 Å². The Morgan fingerprint density at radius 2 is 1.32 bits per heavy atom. The van der Waals surface area contributed by atoms with Crippen molar-refractivity contribution < 1.29 is 9.59 Å². The zero-order valence-corrected chi connectivity index (χ0v) is 20.9. The molecule has 0 bridgehead atoms. The number of amides is 2. The lowest BCUT2D eigenvalue weighted by molar-refractivity contribution is -0.152. The third kappa shape index (κ3) is 3.72. The predicted molar refractivity (Wildman–Crippen MR) is 124 cm³/mol. The predicted octanol–water partition coefficient (Wildman–Crippen LogP) is 2.82. The molecule has 176 valence electrons.